The van der Waals surface area contributed by atoms with Gasteiger partial charge in [-0.25, -0.2) is 0 Å². The number of allylic oxidation sites excluding steroid dienone is 1. The number of hydrogen-bond donors (Lipinski definition) is 3. The summed E-state index contributed by atoms with van der Waals surface area (Å²) in [4.78, 5) is 11.2. The maximum Gasteiger partial charge on any atom is 0.503 e. The van der Waals surface area contributed by atoms with E-state index in [4.69, 9.17) is 9.39 Å². The molecule has 0 radical (unpaired) electrons. The molecule has 3 unspecified atom stereocenters. The largest absolute Gasteiger partial charge is 0.503 e. The van der Waals surface area contributed by atoms with E-state index in [1.807, 2.05) is 38.1 Å². The van der Waals surface area contributed by atoms with Crippen LogP contribution in [0.1, 0.15) is 79.2 Å². The number of benzene rings is 1. The van der Waals surface area contributed by atoms with Gasteiger partial charge in [0.25, 0.3) is 0 Å². The van der Waals surface area contributed by atoms with E-state index < -0.39 is 24.2 Å². The Hall–Kier alpha value is -2.09. The van der Waals surface area contributed by atoms with Crippen molar-refractivity contribution in [3.05, 3.63) is 48.6 Å². The van der Waals surface area contributed by atoms with E-state index in [0.29, 0.717) is 18.3 Å². The van der Waals surface area contributed by atoms with E-state index in [2.05, 4.69) is 46.2 Å². The van der Waals surface area contributed by atoms with Crippen molar-refractivity contribution < 1.29 is 24.3 Å². The maximum atomic E-state index is 11.8. The topological polar surface area (TPSA) is 92.4 Å². The molecule has 4 N–H and O–H groups in total. The van der Waals surface area contributed by atoms with Crippen molar-refractivity contribution in [3.8, 4) is 0 Å². The molecule has 6 rings (SSSR count). The van der Waals surface area contributed by atoms with Gasteiger partial charge in [-0.05, 0) is 91.3 Å². The van der Waals surface area contributed by atoms with Crippen LogP contribution in [0.2, 0.25) is 0 Å². The molecule has 9 atom stereocenters. The fourth-order valence-corrected chi connectivity index (χ4v) is 10.4. The van der Waals surface area contributed by atoms with Crippen molar-refractivity contribution >= 4 is 24.2 Å². The lowest BCUT2D eigenvalue weighted by Gasteiger charge is -2.72. The number of fused-ring (bicyclic) bond motifs is 1. The highest BCUT2D eigenvalue weighted by molar-refractivity contribution is 6.62. The van der Waals surface area contributed by atoms with Crippen LogP contribution in [0.3, 0.4) is 0 Å². The molecule has 5 aliphatic rings. The number of ether oxygens (including phenoxy) is 1. The first-order chi connectivity index (χ1) is 18.6. The third-order valence-corrected chi connectivity index (χ3v) is 12.7. The zero-order valence-electron chi connectivity index (χ0n) is 25.1. The van der Waals surface area contributed by atoms with Crippen LogP contribution in [0.15, 0.2) is 43.0 Å². The molecule has 0 saturated heterocycles. The summed E-state index contributed by atoms with van der Waals surface area (Å²) in [6.45, 7) is 21.8. The molecule has 4 fully saturated rings. The molecular formula is C33H47BNO5+. The second kappa shape index (κ2) is 8.72. The molecule has 216 valence electrons. The predicted octanol–water partition coefficient (Wildman–Crippen LogP) is 4.92. The molecule has 2 spiro atoms. The van der Waals surface area contributed by atoms with Gasteiger partial charge in [-0.3, -0.25) is 0 Å². The van der Waals surface area contributed by atoms with Gasteiger partial charge in [-0.15, -0.1) is 6.58 Å². The number of aliphatic hydroxyl groups excluding tert-OH is 1. The summed E-state index contributed by atoms with van der Waals surface area (Å²) >= 11 is 0. The average molecular weight is 549 g/mol. The summed E-state index contributed by atoms with van der Waals surface area (Å²) in [7, 11) is -0.971. The molecule has 2 bridgehead atoms. The SMILES string of the molecule is C=C[C@]1(C)CC(OC(=[OH+])CNc2ccc3c(c2)B(O)OC3(C)C)[C@]2(C)[C@H](C)CC34C[C@@](CCC3=C)([C@@H]42)[C@@H](C)C1O. The Bertz CT molecular complexity index is 1280. The van der Waals surface area contributed by atoms with Gasteiger partial charge in [0.05, 0.1) is 11.7 Å². The summed E-state index contributed by atoms with van der Waals surface area (Å²) in [5, 5.41) is 25.5. The fourth-order valence-electron chi connectivity index (χ4n) is 10.4. The molecule has 1 aromatic carbocycles. The number of nitrogens with one attached hydrogen (secondary N) is 1. The molecule has 4 aliphatic carbocycles. The normalized spacial score (nSPS) is 44.5. The van der Waals surface area contributed by atoms with Gasteiger partial charge in [0, 0.05) is 22.9 Å². The minimum absolute atomic E-state index is 0.0430. The van der Waals surface area contributed by atoms with Crippen LogP contribution in [0.25, 0.3) is 0 Å². The predicted molar refractivity (Wildman–Crippen MR) is 160 cm³/mol. The lowest BCUT2D eigenvalue weighted by atomic mass is 9.31. The van der Waals surface area contributed by atoms with Crippen molar-refractivity contribution in [1.82, 2.24) is 0 Å². The first-order valence-electron chi connectivity index (χ1n) is 15.1. The fraction of sp³-hybridized carbons (Fsp3) is 0.667. The number of esters is 1. The molecule has 1 heterocycles. The van der Waals surface area contributed by atoms with E-state index in [-0.39, 0.29) is 40.8 Å². The first-order valence-corrected chi connectivity index (χ1v) is 15.1. The van der Waals surface area contributed by atoms with E-state index in [0.717, 1.165) is 42.4 Å². The molecule has 4 saturated carbocycles. The Morgan fingerprint density at radius 2 is 1.98 bits per heavy atom. The molecule has 7 heteroatoms. The molecule has 0 amide bonds. The van der Waals surface area contributed by atoms with Crippen LogP contribution in [0, 0.1) is 39.4 Å². The minimum Gasteiger partial charge on any atom is -0.423 e. The van der Waals surface area contributed by atoms with Crippen molar-refractivity contribution in [2.45, 2.75) is 91.5 Å². The Balaban J connectivity index is 1.28. The molecular weight excluding hydrogens is 501 g/mol. The lowest BCUT2D eigenvalue weighted by Crippen LogP contribution is -2.70. The number of carbonyl (C=O) groups excluding carboxylic acids is 1. The number of rotatable bonds is 5. The molecule has 40 heavy (non-hydrogen) atoms. The van der Waals surface area contributed by atoms with E-state index in [1.54, 1.807) is 0 Å². The van der Waals surface area contributed by atoms with Crippen molar-refractivity contribution in [2.75, 3.05) is 11.9 Å². The summed E-state index contributed by atoms with van der Waals surface area (Å²) < 4.78 is 12.3. The zero-order chi connectivity index (χ0) is 29.0. The Morgan fingerprint density at radius 1 is 1.25 bits per heavy atom. The van der Waals surface area contributed by atoms with Crippen LogP contribution < -0.4 is 10.8 Å². The Morgan fingerprint density at radius 3 is 2.67 bits per heavy atom. The lowest BCUT2D eigenvalue weighted by molar-refractivity contribution is -0.248. The highest BCUT2D eigenvalue weighted by atomic mass is 16.5. The summed E-state index contributed by atoms with van der Waals surface area (Å²) in [5.41, 5.74) is 2.72. The van der Waals surface area contributed by atoms with Crippen LogP contribution in [0.4, 0.5) is 5.69 Å². The molecule has 0 aromatic heterocycles. The van der Waals surface area contributed by atoms with Gasteiger partial charge in [0.2, 0.25) is 6.10 Å². The summed E-state index contributed by atoms with van der Waals surface area (Å²) in [6, 6.07) is 5.77. The summed E-state index contributed by atoms with van der Waals surface area (Å²) in [5.74, 6) is 0.840. The second-order valence-corrected chi connectivity index (χ2v) is 14.9. The van der Waals surface area contributed by atoms with Crippen LogP contribution in [-0.2, 0) is 15.0 Å². The standard InChI is InChI=1S/C33H46BNO5/c1-9-30(7)16-25(39-26(36)17-35-22-10-11-23-24(14-22)34(38)40-29(23,5)6)31(8)20(3)15-33-18-32(28(31)33,13-12-19(33)2)21(4)27(30)37/h9-11,14,20-21,25,27-28,35,37-38H,1-2,12-13,15-18H2,3-8H3/p+1/t20-,21+,25?,27?,28+,30-,31+,32-,33?/m1/s1. The quantitative estimate of drug-likeness (QED) is 0.210. The minimum atomic E-state index is -0.971. The van der Waals surface area contributed by atoms with Crippen molar-refractivity contribution in [1.29, 1.82) is 0 Å². The van der Waals surface area contributed by atoms with Gasteiger partial charge >= 0.3 is 13.1 Å². The molecule has 6 nitrogen and oxygen atoms in total. The van der Waals surface area contributed by atoms with E-state index in [1.165, 1.54) is 5.57 Å². The van der Waals surface area contributed by atoms with Crippen LogP contribution in [0.5, 0.6) is 0 Å². The highest BCUT2D eigenvalue weighted by Crippen LogP contribution is 2.84. The molecule has 1 aliphatic heterocycles. The van der Waals surface area contributed by atoms with E-state index in [9.17, 15) is 14.9 Å². The third-order valence-electron chi connectivity index (χ3n) is 12.7. The third kappa shape index (κ3) is 3.50. The zero-order valence-corrected chi connectivity index (χ0v) is 25.1. The van der Waals surface area contributed by atoms with Crippen LogP contribution >= 0.6 is 0 Å². The number of hydrogen-bond acceptors (Lipinski definition) is 5. The highest BCUT2D eigenvalue weighted by Gasteiger charge is 2.80. The average Bonchev–Trinajstić information content (AvgIpc) is 3.24. The van der Waals surface area contributed by atoms with Crippen LogP contribution in [-0.4, -0.2) is 46.8 Å². The molecule has 1 aromatic rings. The number of anilines is 1. The first kappa shape index (κ1) is 28.1. The monoisotopic (exact) mass is 548 g/mol. The van der Waals surface area contributed by atoms with Crippen molar-refractivity contribution in [2.24, 2.45) is 39.4 Å². The van der Waals surface area contributed by atoms with Gasteiger partial charge < -0.3 is 29.6 Å². The summed E-state index contributed by atoms with van der Waals surface area (Å²) in [6.07, 6.45) is 5.95. The smallest absolute Gasteiger partial charge is 0.423 e. The Kier molecular flexibility index (Phi) is 6.11. The van der Waals surface area contributed by atoms with E-state index >= 15 is 0 Å². The van der Waals surface area contributed by atoms with Crippen molar-refractivity contribution in [3.63, 3.8) is 0 Å². The Labute approximate surface area is 239 Å². The second-order valence-electron chi connectivity index (χ2n) is 14.9. The maximum absolute atomic E-state index is 11.8. The van der Waals surface area contributed by atoms with Gasteiger partial charge in [-0.2, -0.15) is 0 Å². The van der Waals surface area contributed by atoms with Gasteiger partial charge in [0.1, 0.15) is 0 Å². The van der Waals surface area contributed by atoms with Gasteiger partial charge in [0.15, 0.2) is 6.54 Å². The number of aliphatic hydroxyl groups is 1. The van der Waals surface area contributed by atoms with Gasteiger partial charge in [-0.1, -0.05) is 52.0 Å².